The van der Waals surface area contributed by atoms with Crippen LogP contribution in [0.5, 0.6) is 0 Å². The van der Waals surface area contributed by atoms with Crippen molar-refractivity contribution in [2.45, 2.75) is 64.2 Å². The van der Waals surface area contributed by atoms with Gasteiger partial charge >= 0.3 is 0 Å². The van der Waals surface area contributed by atoms with Crippen molar-refractivity contribution in [3.63, 3.8) is 0 Å². The Hall–Kier alpha value is -1.28. The van der Waals surface area contributed by atoms with E-state index in [-0.39, 0.29) is 5.41 Å². The van der Waals surface area contributed by atoms with E-state index in [0.29, 0.717) is 5.41 Å². The van der Waals surface area contributed by atoms with Crippen molar-refractivity contribution >= 4 is 6.08 Å². The second-order valence-electron chi connectivity index (χ2n) is 8.38. The Morgan fingerprint density at radius 1 is 0.909 bits per heavy atom. The fourth-order valence-corrected chi connectivity index (χ4v) is 3.84. The van der Waals surface area contributed by atoms with E-state index in [0.717, 1.165) is 18.6 Å². The van der Waals surface area contributed by atoms with Gasteiger partial charge in [0.1, 0.15) is 5.76 Å². The summed E-state index contributed by atoms with van der Waals surface area (Å²) in [5.74, 6) is 1.07. The van der Waals surface area contributed by atoms with Crippen LogP contribution in [-0.4, -0.2) is 19.2 Å². The van der Waals surface area contributed by atoms with E-state index in [1.165, 1.54) is 29.5 Å². The van der Waals surface area contributed by atoms with Gasteiger partial charge in [0.25, 0.3) is 0 Å². The van der Waals surface area contributed by atoms with Gasteiger partial charge in [-0.15, -0.1) is 0 Å². The molecule has 0 N–H and O–H groups in total. The van der Waals surface area contributed by atoms with Crippen molar-refractivity contribution in [3.05, 3.63) is 40.1 Å². The van der Waals surface area contributed by atoms with Crippen LogP contribution in [0.1, 0.15) is 69.2 Å². The molecule has 22 heavy (non-hydrogen) atoms. The molecule has 2 aliphatic rings. The molecule has 120 valence electrons. The molecule has 0 radical (unpaired) electrons. The molecule has 2 aliphatic carbocycles. The Kier molecular flexibility index (Phi) is 3.64. The monoisotopic (exact) mass is 299 g/mol. The van der Waals surface area contributed by atoms with Gasteiger partial charge in [0.15, 0.2) is 0 Å². The van der Waals surface area contributed by atoms with E-state index in [9.17, 15) is 0 Å². The quantitative estimate of drug-likeness (QED) is 0.726. The van der Waals surface area contributed by atoms with Crippen molar-refractivity contribution in [1.82, 2.24) is 5.06 Å². The Labute approximate surface area is 135 Å². The largest absolute Gasteiger partial charge is 0.411 e. The average molecular weight is 299 g/mol. The van der Waals surface area contributed by atoms with Gasteiger partial charge in [-0.3, -0.25) is 0 Å². The minimum Gasteiger partial charge on any atom is -0.411 e. The van der Waals surface area contributed by atoms with E-state index < -0.39 is 0 Å². The fourth-order valence-electron chi connectivity index (χ4n) is 3.84. The zero-order valence-corrected chi connectivity index (χ0v) is 14.9. The van der Waals surface area contributed by atoms with Crippen LogP contribution in [0.4, 0.5) is 0 Å². The van der Waals surface area contributed by atoms with Gasteiger partial charge < -0.3 is 4.84 Å². The van der Waals surface area contributed by atoms with E-state index in [2.05, 4.69) is 45.9 Å². The van der Waals surface area contributed by atoms with Gasteiger partial charge in [-0.25, -0.2) is 0 Å². The SMILES string of the molecule is CN(C)OC1=Cc2cc3c(cc2CC1)C(C)(C)CCC3(C)C. The molecular formula is C20H29NO. The molecule has 1 aromatic rings. The van der Waals surface area contributed by atoms with Crippen LogP contribution in [0.2, 0.25) is 0 Å². The zero-order valence-electron chi connectivity index (χ0n) is 14.9. The van der Waals surface area contributed by atoms with Crippen LogP contribution < -0.4 is 0 Å². The van der Waals surface area contributed by atoms with Crippen LogP contribution in [-0.2, 0) is 22.1 Å². The highest BCUT2D eigenvalue weighted by atomic mass is 16.7. The topological polar surface area (TPSA) is 12.5 Å². The van der Waals surface area contributed by atoms with Crippen molar-refractivity contribution in [3.8, 4) is 0 Å². The van der Waals surface area contributed by atoms with Gasteiger partial charge in [-0.2, -0.15) is 5.06 Å². The number of hydrogen-bond donors (Lipinski definition) is 0. The minimum atomic E-state index is 0.272. The zero-order chi connectivity index (χ0) is 16.1. The van der Waals surface area contributed by atoms with Gasteiger partial charge in [-0.1, -0.05) is 39.8 Å². The van der Waals surface area contributed by atoms with E-state index >= 15 is 0 Å². The summed E-state index contributed by atoms with van der Waals surface area (Å²) in [4.78, 5) is 5.78. The van der Waals surface area contributed by atoms with Crippen molar-refractivity contribution in [2.24, 2.45) is 0 Å². The van der Waals surface area contributed by atoms with Crippen molar-refractivity contribution < 1.29 is 4.84 Å². The molecule has 0 saturated carbocycles. The summed E-state index contributed by atoms with van der Waals surface area (Å²) >= 11 is 0. The third-order valence-electron chi connectivity index (χ3n) is 5.37. The maximum atomic E-state index is 5.78. The molecule has 0 aliphatic heterocycles. The van der Waals surface area contributed by atoms with Crippen molar-refractivity contribution in [1.29, 1.82) is 0 Å². The number of allylic oxidation sites excluding steroid dienone is 1. The van der Waals surface area contributed by atoms with Gasteiger partial charge in [0.05, 0.1) is 0 Å². The first kappa shape index (κ1) is 15.6. The molecular weight excluding hydrogens is 270 g/mol. The number of benzene rings is 1. The van der Waals surface area contributed by atoms with Gasteiger partial charge in [0.2, 0.25) is 0 Å². The number of aryl methyl sites for hydroxylation is 1. The molecule has 0 amide bonds. The van der Waals surface area contributed by atoms with E-state index in [1.807, 2.05) is 14.1 Å². The highest BCUT2D eigenvalue weighted by molar-refractivity contribution is 5.62. The number of rotatable bonds is 2. The third kappa shape index (κ3) is 2.69. The molecule has 3 rings (SSSR count). The maximum absolute atomic E-state index is 5.78. The lowest BCUT2D eigenvalue weighted by molar-refractivity contribution is -0.0756. The van der Waals surface area contributed by atoms with E-state index in [4.69, 9.17) is 4.84 Å². The smallest absolute Gasteiger partial charge is 0.125 e. The number of hydroxylamine groups is 2. The molecule has 0 bridgehead atoms. The summed E-state index contributed by atoms with van der Waals surface area (Å²) in [5.41, 5.74) is 6.50. The van der Waals surface area contributed by atoms with Gasteiger partial charge in [0, 0.05) is 20.5 Å². The van der Waals surface area contributed by atoms with Crippen LogP contribution in [0.15, 0.2) is 17.9 Å². The maximum Gasteiger partial charge on any atom is 0.125 e. The minimum absolute atomic E-state index is 0.272. The highest BCUT2D eigenvalue weighted by Gasteiger charge is 2.37. The molecule has 0 saturated heterocycles. The first-order valence-electron chi connectivity index (χ1n) is 8.43. The van der Waals surface area contributed by atoms with Crippen LogP contribution in [0.25, 0.3) is 6.08 Å². The number of fused-ring (bicyclic) bond motifs is 2. The molecule has 0 heterocycles. The van der Waals surface area contributed by atoms with Crippen LogP contribution in [0, 0.1) is 0 Å². The third-order valence-corrected chi connectivity index (χ3v) is 5.37. The second kappa shape index (κ2) is 5.13. The lowest BCUT2D eigenvalue weighted by Crippen LogP contribution is -2.34. The second-order valence-corrected chi connectivity index (χ2v) is 8.38. The van der Waals surface area contributed by atoms with Crippen LogP contribution in [0.3, 0.4) is 0 Å². The Morgan fingerprint density at radius 3 is 2.09 bits per heavy atom. The summed E-state index contributed by atoms with van der Waals surface area (Å²) in [6.07, 6.45) is 6.84. The van der Waals surface area contributed by atoms with Crippen molar-refractivity contribution in [2.75, 3.05) is 14.1 Å². The molecule has 0 aromatic heterocycles. The fraction of sp³-hybridized carbons (Fsp3) is 0.600. The first-order valence-corrected chi connectivity index (χ1v) is 8.43. The molecule has 0 unspecified atom stereocenters. The molecule has 0 fully saturated rings. The Balaban J connectivity index is 2.09. The summed E-state index contributed by atoms with van der Waals surface area (Å²) < 4.78 is 0. The molecule has 0 atom stereocenters. The van der Waals surface area contributed by atoms with Crippen LogP contribution >= 0.6 is 0 Å². The molecule has 2 nitrogen and oxygen atoms in total. The molecule has 1 aromatic carbocycles. The van der Waals surface area contributed by atoms with E-state index in [1.54, 1.807) is 10.6 Å². The number of nitrogens with zero attached hydrogens (tertiary/aromatic N) is 1. The predicted molar refractivity (Wildman–Crippen MR) is 92.8 cm³/mol. The Bertz CT molecular complexity index is 623. The first-order chi connectivity index (χ1) is 10.2. The lowest BCUT2D eigenvalue weighted by Gasteiger charge is -2.42. The summed E-state index contributed by atoms with van der Waals surface area (Å²) in [6, 6.07) is 4.91. The predicted octanol–water partition coefficient (Wildman–Crippen LogP) is 4.82. The number of hydrogen-bond acceptors (Lipinski definition) is 2. The standard InChI is InChI=1S/C20H29NO/c1-19(2)9-10-20(3,4)18-13-15-11-16(22-21(5)6)8-7-14(15)12-17(18)19/h11-13H,7-10H2,1-6H3. The summed E-state index contributed by atoms with van der Waals surface area (Å²) in [5, 5.41) is 1.78. The summed E-state index contributed by atoms with van der Waals surface area (Å²) in [6.45, 7) is 9.56. The lowest BCUT2D eigenvalue weighted by atomic mass is 9.62. The molecule has 2 heteroatoms. The summed E-state index contributed by atoms with van der Waals surface area (Å²) in [7, 11) is 3.88. The highest BCUT2D eigenvalue weighted by Crippen LogP contribution is 2.47. The normalized spacial score (nSPS) is 21.9. The Morgan fingerprint density at radius 2 is 1.50 bits per heavy atom. The molecule has 0 spiro atoms. The average Bonchev–Trinajstić information content (AvgIpc) is 2.42. The van der Waals surface area contributed by atoms with Gasteiger partial charge in [-0.05, 0) is 58.4 Å².